The predicted octanol–water partition coefficient (Wildman–Crippen LogP) is 3.32. The van der Waals surface area contributed by atoms with Crippen LogP contribution >= 0.6 is 0 Å². The number of halogens is 1. The molecule has 1 unspecified atom stereocenters. The van der Waals surface area contributed by atoms with Crippen molar-refractivity contribution in [1.29, 1.82) is 0 Å². The number of aromatic nitrogens is 4. The zero-order valence-electron chi connectivity index (χ0n) is 18.3. The van der Waals surface area contributed by atoms with Gasteiger partial charge in [0.15, 0.2) is 0 Å². The standard InChI is InChI=1S/C24H23FN6O2/c1-13-17-4-3-16(20-5-7-27-30-20)9-15(17)6-8-31(13)23(32)12-26-22-11-21-18(10-19(22)25)24(33)29-14(2)28-21/h3-5,7,9-11,13,26H,6,8,12H2,1-2H3,(H,27,30)(H,28,29,33). The molecule has 1 atom stereocenters. The summed E-state index contributed by atoms with van der Waals surface area (Å²) in [6.07, 6.45) is 2.46. The van der Waals surface area contributed by atoms with Gasteiger partial charge in [-0.1, -0.05) is 12.1 Å². The largest absolute Gasteiger partial charge is 0.374 e. The maximum atomic E-state index is 14.5. The van der Waals surface area contributed by atoms with E-state index in [1.165, 1.54) is 11.6 Å². The van der Waals surface area contributed by atoms with Crippen molar-refractivity contribution in [2.75, 3.05) is 18.4 Å². The highest BCUT2D eigenvalue weighted by Gasteiger charge is 2.27. The summed E-state index contributed by atoms with van der Waals surface area (Å²) in [6.45, 7) is 4.18. The molecule has 3 N–H and O–H groups in total. The number of aryl methyl sites for hydroxylation is 1. The Morgan fingerprint density at radius 2 is 2.12 bits per heavy atom. The van der Waals surface area contributed by atoms with Gasteiger partial charge in [0.1, 0.15) is 11.6 Å². The van der Waals surface area contributed by atoms with Crippen molar-refractivity contribution in [2.24, 2.45) is 0 Å². The average molecular weight is 446 g/mol. The van der Waals surface area contributed by atoms with Gasteiger partial charge in [0, 0.05) is 12.7 Å². The average Bonchev–Trinajstić information content (AvgIpc) is 3.33. The Balaban J connectivity index is 1.32. The van der Waals surface area contributed by atoms with Gasteiger partial charge >= 0.3 is 0 Å². The van der Waals surface area contributed by atoms with Crippen LogP contribution in [0.4, 0.5) is 10.1 Å². The van der Waals surface area contributed by atoms with Crippen LogP contribution in [0, 0.1) is 12.7 Å². The first kappa shape index (κ1) is 20.9. The lowest BCUT2D eigenvalue weighted by Gasteiger charge is -2.35. The number of amides is 1. The molecule has 2 aromatic carbocycles. The van der Waals surface area contributed by atoms with Crippen LogP contribution in [-0.4, -0.2) is 44.1 Å². The van der Waals surface area contributed by atoms with Crippen LogP contribution in [0.1, 0.15) is 29.9 Å². The van der Waals surface area contributed by atoms with Crippen LogP contribution in [0.5, 0.6) is 0 Å². The van der Waals surface area contributed by atoms with E-state index in [-0.39, 0.29) is 29.6 Å². The van der Waals surface area contributed by atoms with Gasteiger partial charge in [-0.15, -0.1) is 0 Å². The molecule has 0 saturated carbocycles. The Morgan fingerprint density at radius 3 is 2.91 bits per heavy atom. The fraction of sp³-hybridized carbons (Fsp3) is 0.250. The number of rotatable bonds is 4. The van der Waals surface area contributed by atoms with E-state index >= 15 is 0 Å². The molecular formula is C24H23FN6O2. The number of carbonyl (C=O) groups excluding carboxylic acids is 1. The number of hydrogen-bond acceptors (Lipinski definition) is 5. The first-order valence-corrected chi connectivity index (χ1v) is 10.8. The minimum atomic E-state index is -0.602. The van der Waals surface area contributed by atoms with Gasteiger partial charge in [0.25, 0.3) is 5.56 Å². The number of nitrogens with one attached hydrogen (secondary N) is 3. The molecule has 0 spiro atoms. The Labute approximate surface area is 188 Å². The van der Waals surface area contributed by atoms with Crippen molar-refractivity contribution < 1.29 is 9.18 Å². The molecule has 0 fully saturated rings. The molecule has 8 nitrogen and oxygen atoms in total. The minimum absolute atomic E-state index is 0.0590. The maximum Gasteiger partial charge on any atom is 0.258 e. The number of carbonyl (C=O) groups is 1. The number of aromatic amines is 2. The molecule has 1 aliphatic rings. The Hall–Kier alpha value is -4.01. The fourth-order valence-corrected chi connectivity index (χ4v) is 4.44. The summed E-state index contributed by atoms with van der Waals surface area (Å²) in [6, 6.07) is 10.7. The Bertz CT molecular complexity index is 1410. The number of benzene rings is 2. The first-order valence-electron chi connectivity index (χ1n) is 10.8. The quantitative estimate of drug-likeness (QED) is 0.446. The summed E-state index contributed by atoms with van der Waals surface area (Å²) in [4.78, 5) is 33.6. The van der Waals surface area contributed by atoms with E-state index in [1.54, 1.807) is 18.0 Å². The lowest BCUT2D eigenvalue weighted by Crippen LogP contribution is -2.41. The van der Waals surface area contributed by atoms with Gasteiger partial charge in [-0.2, -0.15) is 5.10 Å². The number of H-pyrrole nitrogens is 2. The number of anilines is 1. The van der Waals surface area contributed by atoms with E-state index in [4.69, 9.17) is 0 Å². The molecule has 9 heteroatoms. The molecule has 4 aromatic rings. The Kier molecular flexibility index (Phi) is 5.16. The van der Waals surface area contributed by atoms with Crippen LogP contribution in [0.2, 0.25) is 0 Å². The zero-order valence-corrected chi connectivity index (χ0v) is 18.3. The molecule has 0 aliphatic carbocycles. The van der Waals surface area contributed by atoms with Crippen LogP contribution in [0.3, 0.4) is 0 Å². The normalized spacial score (nSPS) is 15.5. The molecular weight excluding hydrogens is 423 g/mol. The van der Waals surface area contributed by atoms with Gasteiger partial charge in [-0.25, -0.2) is 9.37 Å². The number of hydrogen-bond donors (Lipinski definition) is 3. The van der Waals surface area contributed by atoms with Gasteiger partial charge in [-0.3, -0.25) is 14.7 Å². The molecule has 33 heavy (non-hydrogen) atoms. The summed E-state index contributed by atoms with van der Waals surface area (Å²) in [7, 11) is 0. The number of nitrogens with zero attached hydrogens (tertiary/aromatic N) is 3. The van der Waals surface area contributed by atoms with E-state index in [2.05, 4.69) is 37.6 Å². The van der Waals surface area contributed by atoms with Gasteiger partial charge in [0.2, 0.25) is 5.91 Å². The highest BCUT2D eigenvalue weighted by molar-refractivity contribution is 5.85. The maximum absolute atomic E-state index is 14.5. The zero-order chi connectivity index (χ0) is 23.1. The highest BCUT2D eigenvalue weighted by atomic mass is 19.1. The van der Waals surface area contributed by atoms with Gasteiger partial charge in [0.05, 0.1) is 34.9 Å². The molecule has 1 amide bonds. The second-order valence-electron chi connectivity index (χ2n) is 8.25. The second kappa shape index (κ2) is 8.16. The van der Waals surface area contributed by atoms with Crippen LogP contribution in [0.15, 0.2) is 47.4 Å². The summed E-state index contributed by atoms with van der Waals surface area (Å²) < 4.78 is 14.5. The Morgan fingerprint density at radius 1 is 1.27 bits per heavy atom. The SMILES string of the molecule is Cc1nc2cc(NCC(=O)N3CCc4cc(-c5ccn[nH]5)ccc4C3C)c(F)cc2c(=O)[nH]1. The third-order valence-electron chi connectivity index (χ3n) is 6.16. The van der Waals surface area contributed by atoms with Crippen molar-refractivity contribution in [1.82, 2.24) is 25.1 Å². The van der Waals surface area contributed by atoms with E-state index < -0.39 is 11.4 Å². The number of fused-ring (bicyclic) bond motifs is 2. The van der Waals surface area contributed by atoms with Crippen LogP contribution < -0.4 is 10.9 Å². The topological polar surface area (TPSA) is 107 Å². The van der Waals surface area contributed by atoms with E-state index in [1.807, 2.05) is 19.1 Å². The molecule has 2 aromatic heterocycles. The van der Waals surface area contributed by atoms with Crippen LogP contribution in [0.25, 0.3) is 22.2 Å². The summed E-state index contributed by atoms with van der Waals surface area (Å²) in [5, 5.41) is 10.0. The van der Waals surface area contributed by atoms with E-state index in [0.717, 1.165) is 29.3 Å². The molecule has 0 bridgehead atoms. The van der Waals surface area contributed by atoms with E-state index in [9.17, 15) is 14.0 Å². The summed E-state index contributed by atoms with van der Waals surface area (Å²) >= 11 is 0. The van der Waals surface area contributed by atoms with Crippen molar-refractivity contribution in [3.63, 3.8) is 0 Å². The molecule has 0 saturated heterocycles. The van der Waals surface area contributed by atoms with Crippen molar-refractivity contribution in [3.8, 4) is 11.3 Å². The smallest absolute Gasteiger partial charge is 0.258 e. The van der Waals surface area contributed by atoms with Crippen molar-refractivity contribution in [3.05, 3.63) is 75.7 Å². The molecule has 3 heterocycles. The molecule has 168 valence electrons. The monoisotopic (exact) mass is 446 g/mol. The predicted molar refractivity (Wildman–Crippen MR) is 123 cm³/mol. The second-order valence-corrected chi connectivity index (χ2v) is 8.25. The molecule has 5 rings (SSSR count). The molecule has 1 aliphatic heterocycles. The lowest BCUT2D eigenvalue weighted by atomic mass is 9.91. The third-order valence-corrected chi connectivity index (χ3v) is 6.16. The minimum Gasteiger partial charge on any atom is -0.374 e. The molecule has 0 radical (unpaired) electrons. The summed E-state index contributed by atoms with van der Waals surface area (Å²) in [5.41, 5.74) is 4.46. The first-order chi connectivity index (χ1) is 15.9. The fourth-order valence-electron chi connectivity index (χ4n) is 4.44. The van der Waals surface area contributed by atoms with Crippen molar-refractivity contribution in [2.45, 2.75) is 26.3 Å². The highest BCUT2D eigenvalue weighted by Crippen LogP contribution is 2.32. The van der Waals surface area contributed by atoms with Gasteiger partial charge < -0.3 is 15.2 Å². The van der Waals surface area contributed by atoms with Crippen molar-refractivity contribution >= 4 is 22.5 Å². The summed E-state index contributed by atoms with van der Waals surface area (Å²) in [5.74, 6) is -0.284. The third kappa shape index (κ3) is 3.86. The van der Waals surface area contributed by atoms with E-state index in [0.29, 0.717) is 17.9 Å². The van der Waals surface area contributed by atoms with Crippen LogP contribution in [-0.2, 0) is 11.2 Å². The lowest BCUT2D eigenvalue weighted by molar-refractivity contribution is -0.131. The van der Waals surface area contributed by atoms with Gasteiger partial charge in [-0.05, 0) is 61.2 Å².